The zero-order valence-electron chi connectivity index (χ0n) is 30.9. The molecule has 46 heavy (non-hydrogen) atoms. The summed E-state index contributed by atoms with van der Waals surface area (Å²) in [6, 6.07) is 0. The number of rotatable bonds is 6. The van der Waals surface area contributed by atoms with Crippen molar-refractivity contribution in [3.63, 3.8) is 0 Å². The summed E-state index contributed by atoms with van der Waals surface area (Å²) < 4.78 is 0.345. The Morgan fingerprint density at radius 3 is 0.652 bits per heavy atom. The summed E-state index contributed by atoms with van der Waals surface area (Å²) >= 11 is 10.8. The molecule has 0 atom stereocenters. The fraction of sp³-hybridized carbons (Fsp3) is 0.952. The molecule has 0 bridgehead atoms. The first-order chi connectivity index (χ1) is 22.3. The van der Waals surface area contributed by atoms with Crippen LogP contribution < -0.4 is 0 Å². The van der Waals surface area contributed by atoms with Gasteiger partial charge in [0.1, 0.15) is 4.49 Å². The van der Waals surface area contributed by atoms with Crippen LogP contribution in [-0.2, 0) is 0 Å². The van der Waals surface area contributed by atoms with E-state index >= 15 is 0 Å². The van der Waals surface area contributed by atoms with E-state index in [1.165, 1.54) is 72.5 Å². The Morgan fingerprint density at radius 1 is 0.370 bits per heavy atom. The maximum absolute atomic E-state index is 5.39. The molecule has 268 valence electrons. The highest BCUT2D eigenvalue weighted by Gasteiger charge is 2.37. The zero-order chi connectivity index (χ0) is 32.6. The smallest absolute Gasteiger partial charge is 0.0971 e. The van der Waals surface area contributed by atoms with E-state index in [0.29, 0.717) is 20.3 Å². The minimum Gasteiger partial charge on any atom is -0.0971 e. The standard InChI is InChI=1S/2C18H33P.C6H10Cl2/c2*1-4-10-16(11-5-1)19(17-12-6-2-7-13-17)18-14-8-3-9-15-18;1-6(2,3)4-5(7)8/h2*16-18H,1-15H2;4H,1-3H3. The van der Waals surface area contributed by atoms with Crippen molar-refractivity contribution in [2.75, 3.05) is 0 Å². The minimum absolute atomic E-state index is 0.0961. The van der Waals surface area contributed by atoms with Gasteiger partial charge in [-0.3, -0.25) is 0 Å². The predicted molar refractivity (Wildman–Crippen MR) is 214 cm³/mol. The molecule has 0 aromatic heterocycles. The predicted octanol–water partition coefficient (Wildman–Crippen LogP) is 16.3. The average molecular weight is 714 g/mol. The molecule has 0 amide bonds. The van der Waals surface area contributed by atoms with Crippen LogP contribution in [0, 0.1) is 5.41 Å². The van der Waals surface area contributed by atoms with Crippen molar-refractivity contribution in [1.82, 2.24) is 0 Å². The Labute approximate surface area is 301 Å². The van der Waals surface area contributed by atoms with Crippen molar-refractivity contribution in [3.05, 3.63) is 10.6 Å². The first kappa shape index (κ1) is 40.0. The van der Waals surface area contributed by atoms with Gasteiger partial charge in [-0.2, -0.15) is 0 Å². The van der Waals surface area contributed by atoms with Gasteiger partial charge in [-0.15, -0.1) is 0 Å². The van der Waals surface area contributed by atoms with Gasteiger partial charge in [0.2, 0.25) is 0 Å². The highest BCUT2D eigenvalue weighted by atomic mass is 35.5. The molecule has 0 N–H and O–H groups in total. The first-order valence-corrected chi connectivity index (χ1v) is 24.8. The lowest BCUT2D eigenvalue weighted by atomic mass is 9.98. The molecule has 0 aliphatic heterocycles. The van der Waals surface area contributed by atoms with E-state index in [1.807, 2.05) is 20.8 Å². The van der Waals surface area contributed by atoms with E-state index in [4.69, 9.17) is 23.2 Å². The molecule has 6 aliphatic carbocycles. The number of allylic oxidation sites excluding steroid dienone is 1. The molecule has 0 nitrogen and oxygen atoms in total. The quantitative estimate of drug-likeness (QED) is 0.240. The highest BCUT2D eigenvalue weighted by molar-refractivity contribution is 7.60. The third-order valence-electron chi connectivity index (χ3n) is 12.5. The summed E-state index contributed by atoms with van der Waals surface area (Å²) in [4.78, 5) is 0. The van der Waals surface area contributed by atoms with E-state index in [-0.39, 0.29) is 5.41 Å². The fourth-order valence-electron chi connectivity index (χ4n) is 10.4. The van der Waals surface area contributed by atoms with Gasteiger partial charge < -0.3 is 0 Å². The summed E-state index contributed by atoms with van der Waals surface area (Å²) in [5.41, 5.74) is 7.23. The average Bonchev–Trinajstić information content (AvgIpc) is 3.08. The van der Waals surface area contributed by atoms with Gasteiger partial charge >= 0.3 is 0 Å². The molecule has 0 unspecified atom stereocenters. The lowest BCUT2D eigenvalue weighted by molar-refractivity contribution is 0.460. The van der Waals surface area contributed by atoms with Crippen LogP contribution in [-0.4, -0.2) is 34.0 Å². The van der Waals surface area contributed by atoms with E-state index in [0.717, 1.165) is 0 Å². The molecule has 6 rings (SSSR count). The van der Waals surface area contributed by atoms with Crippen molar-refractivity contribution < 1.29 is 0 Å². The lowest BCUT2D eigenvalue weighted by Crippen LogP contribution is -2.28. The van der Waals surface area contributed by atoms with Crippen molar-refractivity contribution in [1.29, 1.82) is 0 Å². The maximum Gasteiger partial charge on any atom is 0.103 e. The molecule has 6 saturated carbocycles. The molecular weight excluding hydrogens is 637 g/mol. The second-order valence-corrected chi connectivity index (χ2v) is 24.6. The summed E-state index contributed by atoms with van der Waals surface area (Å²) in [6.45, 7) is 6.12. The molecule has 6 fully saturated rings. The Morgan fingerprint density at radius 2 is 0.543 bits per heavy atom. The van der Waals surface area contributed by atoms with Gasteiger partial charge in [-0.1, -0.05) is 175 Å². The van der Waals surface area contributed by atoms with Crippen LogP contribution in [0.3, 0.4) is 0 Å². The van der Waals surface area contributed by atoms with Crippen LogP contribution in [0.4, 0.5) is 0 Å². The third kappa shape index (κ3) is 14.4. The second-order valence-electron chi connectivity index (χ2n) is 17.4. The van der Waals surface area contributed by atoms with E-state index in [9.17, 15) is 0 Å². The van der Waals surface area contributed by atoms with Gasteiger partial charge in [0.25, 0.3) is 0 Å². The van der Waals surface area contributed by atoms with E-state index in [2.05, 4.69) is 0 Å². The summed E-state index contributed by atoms with van der Waals surface area (Å²) in [5.74, 6) is 0. The molecule has 6 aliphatic rings. The Hall–Kier alpha value is 1.18. The van der Waals surface area contributed by atoms with Crippen LogP contribution in [0.1, 0.15) is 213 Å². The van der Waals surface area contributed by atoms with Crippen molar-refractivity contribution in [2.45, 2.75) is 247 Å². The highest BCUT2D eigenvalue weighted by Crippen LogP contribution is 2.63. The normalized spacial score (nSPS) is 25.8. The van der Waals surface area contributed by atoms with Gasteiger partial charge in [0.15, 0.2) is 0 Å². The molecule has 0 radical (unpaired) electrons. The van der Waals surface area contributed by atoms with Gasteiger partial charge in [0.05, 0.1) is 0 Å². The van der Waals surface area contributed by atoms with Gasteiger partial charge in [0, 0.05) is 0 Å². The molecule has 4 heteroatoms. The Balaban J connectivity index is 0.000000170. The minimum atomic E-state index is 0.0961. The number of hydrogen-bond acceptors (Lipinski definition) is 0. The fourth-order valence-corrected chi connectivity index (χ4v) is 20.4. The first-order valence-electron chi connectivity index (χ1n) is 20.9. The maximum atomic E-state index is 5.39. The van der Waals surface area contributed by atoms with Crippen LogP contribution in [0.15, 0.2) is 10.6 Å². The lowest BCUT2D eigenvalue weighted by Gasteiger charge is -2.44. The van der Waals surface area contributed by atoms with Gasteiger partial charge in [-0.05, 0) is 122 Å². The van der Waals surface area contributed by atoms with E-state index in [1.54, 1.807) is 160 Å². The van der Waals surface area contributed by atoms with Gasteiger partial charge in [-0.25, -0.2) is 0 Å². The summed E-state index contributed by atoms with van der Waals surface area (Å²) in [6.07, 6.45) is 49.0. The molecule has 0 heterocycles. The molecule has 0 spiro atoms. The monoisotopic (exact) mass is 712 g/mol. The third-order valence-corrected chi connectivity index (χ3v) is 20.9. The Bertz CT molecular complexity index is 656. The molecular formula is C42H76Cl2P2. The molecule has 0 aromatic rings. The summed E-state index contributed by atoms with van der Waals surface area (Å²) in [5, 5.41) is 0. The number of hydrogen-bond donors (Lipinski definition) is 0. The topological polar surface area (TPSA) is 0 Å². The van der Waals surface area contributed by atoms with Crippen molar-refractivity contribution in [2.24, 2.45) is 5.41 Å². The second kappa shape index (κ2) is 22.2. The number of halogens is 2. The SMILES string of the molecule is C1CCC(P(C2CCCCC2)C2CCCCC2)CC1.C1CCC(P(C2CCCCC2)C2CCCCC2)CC1.CC(C)(C)C=C(Cl)Cl. The largest absolute Gasteiger partial charge is 0.103 e. The van der Waals surface area contributed by atoms with Crippen molar-refractivity contribution >= 4 is 39.0 Å². The van der Waals surface area contributed by atoms with Crippen LogP contribution in [0.5, 0.6) is 0 Å². The van der Waals surface area contributed by atoms with Crippen molar-refractivity contribution in [3.8, 4) is 0 Å². The molecule has 0 saturated heterocycles. The van der Waals surface area contributed by atoms with Crippen LogP contribution in [0.25, 0.3) is 0 Å². The van der Waals surface area contributed by atoms with E-state index < -0.39 is 0 Å². The Kier molecular flexibility index (Phi) is 19.3. The molecule has 0 aromatic carbocycles. The van der Waals surface area contributed by atoms with Crippen LogP contribution >= 0.6 is 39.0 Å². The zero-order valence-corrected chi connectivity index (χ0v) is 34.2. The summed E-state index contributed by atoms with van der Waals surface area (Å²) in [7, 11) is 0.770. The van der Waals surface area contributed by atoms with Crippen LogP contribution in [0.2, 0.25) is 0 Å².